The number of carbonyl (C=O) groups is 1. The molecule has 1 aliphatic heterocycles. The van der Waals surface area contributed by atoms with E-state index in [4.69, 9.17) is 0 Å². The molecule has 0 aliphatic carbocycles. The number of urea groups is 1. The van der Waals surface area contributed by atoms with Crippen molar-refractivity contribution in [3.63, 3.8) is 0 Å². The van der Waals surface area contributed by atoms with Crippen LogP contribution in [0, 0.1) is 11.6 Å². The van der Waals surface area contributed by atoms with Crippen LogP contribution in [-0.2, 0) is 0 Å². The first-order valence-electron chi connectivity index (χ1n) is 7.55. The Bertz CT molecular complexity index is 748. The topological polar surface area (TPSA) is 35.6 Å². The van der Waals surface area contributed by atoms with Crippen LogP contribution in [0.15, 0.2) is 46.9 Å². The van der Waals surface area contributed by atoms with Crippen molar-refractivity contribution in [2.75, 3.05) is 36.4 Å². The van der Waals surface area contributed by atoms with E-state index in [0.717, 1.165) is 10.5 Å². The molecule has 7 heteroatoms. The second-order valence-corrected chi connectivity index (χ2v) is 6.33. The van der Waals surface area contributed by atoms with Crippen LogP contribution in [-0.4, -0.2) is 37.1 Å². The summed E-state index contributed by atoms with van der Waals surface area (Å²) in [5.41, 5.74) is 1.07. The van der Waals surface area contributed by atoms with E-state index in [0.29, 0.717) is 37.6 Å². The third-order valence-corrected chi connectivity index (χ3v) is 4.62. The predicted octanol–water partition coefficient (Wildman–Crippen LogP) is 4.08. The zero-order valence-electron chi connectivity index (χ0n) is 12.8. The maximum absolute atomic E-state index is 13.8. The molecule has 2 aromatic rings. The van der Waals surface area contributed by atoms with E-state index in [9.17, 15) is 13.6 Å². The quantitative estimate of drug-likeness (QED) is 0.831. The number of hydrogen-bond acceptors (Lipinski definition) is 2. The van der Waals surface area contributed by atoms with E-state index < -0.39 is 11.6 Å². The average Bonchev–Trinajstić information content (AvgIpc) is 2.57. The molecule has 0 radical (unpaired) electrons. The molecule has 126 valence electrons. The average molecular weight is 396 g/mol. The molecular formula is C17H16BrF2N3O. The fourth-order valence-corrected chi connectivity index (χ4v) is 3.03. The van der Waals surface area contributed by atoms with E-state index in [1.54, 1.807) is 4.90 Å². The Hall–Kier alpha value is -2.15. The summed E-state index contributed by atoms with van der Waals surface area (Å²) >= 11 is 3.39. The lowest BCUT2D eigenvalue weighted by Gasteiger charge is -2.36. The Kier molecular flexibility index (Phi) is 4.99. The third kappa shape index (κ3) is 3.67. The smallest absolute Gasteiger partial charge is 0.321 e. The van der Waals surface area contributed by atoms with Crippen molar-refractivity contribution in [3.05, 3.63) is 58.6 Å². The molecule has 1 aliphatic rings. The first-order valence-corrected chi connectivity index (χ1v) is 8.34. The SMILES string of the molecule is O=C(Nc1ccccc1Br)N1CCN(c2ccc(F)cc2F)CC1. The van der Waals surface area contributed by atoms with Crippen molar-refractivity contribution in [1.29, 1.82) is 0 Å². The number of halogens is 3. The molecule has 1 N–H and O–H groups in total. The molecule has 0 unspecified atom stereocenters. The molecule has 2 aromatic carbocycles. The van der Waals surface area contributed by atoms with Crippen LogP contribution in [0.2, 0.25) is 0 Å². The number of piperazine rings is 1. The van der Waals surface area contributed by atoms with Gasteiger partial charge in [-0.05, 0) is 40.2 Å². The van der Waals surface area contributed by atoms with Crippen LogP contribution in [0.25, 0.3) is 0 Å². The molecular weight excluding hydrogens is 380 g/mol. The highest BCUT2D eigenvalue weighted by Gasteiger charge is 2.23. The Labute approximate surface area is 147 Å². The second-order valence-electron chi connectivity index (χ2n) is 5.48. The minimum Gasteiger partial charge on any atom is -0.366 e. The summed E-state index contributed by atoms with van der Waals surface area (Å²) in [6.07, 6.45) is 0. The number of para-hydroxylation sites is 1. The first-order chi connectivity index (χ1) is 11.5. The van der Waals surface area contributed by atoms with Gasteiger partial charge in [0, 0.05) is 36.7 Å². The van der Waals surface area contributed by atoms with Crippen molar-refractivity contribution in [1.82, 2.24) is 4.90 Å². The summed E-state index contributed by atoms with van der Waals surface area (Å²) in [4.78, 5) is 15.8. The van der Waals surface area contributed by atoms with Gasteiger partial charge in [0.1, 0.15) is 11.6 Å². The van der Waals surface area contributed by atoms with Crippen LogP contribution in [0.3, 0.4) is 0 Å². The van der Waals surface area contributed by atoms with Crippen LogP contribution < -0.4 is 10.2 Å². The maximum atomic E-state index is 13.8. The predicted molar refractivity (Wildman–Crippen MR) is 93.3 cm³/mol. The molecule has 0 bridgehead atoms. The number of nitrogens with zero attached hydrogens (tertiary/aromatic N) is 2. The van der Waals surface area contributed by atoms with Gasteiger partial charge in [0.2, 0.25) is 0 Å². The van der Waals surface area contributed by atoms with Gasteiger partial charge in [-0.2, -0.15) is 0 Å². The number of carbonyl (C=O) groups excluding carboxylic acids is 1. The third-order valence-electron chi connectivity index (χ3n) is 3.93. The zero-order chi connectivity index (χ0) is 17.1. The van der Waals surface area contributed by atoms with Crippen LogP contribution in [0.1, 0.15) is 0 Å². The summed E-state index contributed by atoms with van der Waals surface area (Å²) in [5.74, 6) is -1.18. The van der Waals surface area contributed by atoms with Crippen molar-refractivity contribution in [2.24, 2.45) is 0 Å². The van der Waals surface area contributed by atoms with Gasteiger partial charge in [-0.15, -0.1) is 0 Å². The number of nitrogens with one attached hydrogen (secondary N) is 1. The molecule has 1 heterocycles. The Morgan fingerprint density at radius 1 is 1.04 bits per heavy atom. The lowest BCUT2D eigenvalue weighted by Crippen LogP contribution is -2.50. The number of benzene rings is 2. The maximum Gasteiger partial charge on any atom is 0.321 e. The Morgan fingerprint density at radius 3 is 2.42 bits per heavy atom. The highest BCUT2D eigenvalue weighted by Crippen LogP contribution is 2.23. The molecule has 4 nitrogen and oxygen atoms in total. The monoisotopic (exact) mass is 395 g/mol. The fraction of sp³-hybridized carbons (Fsp3) is 0.235. The lowest BCUT2D eigenvalue weighted by molar-refractivity contribution is 0.208. The van der Waals surface area contributed by atoms with Crippen LogP contribution in [0.5, 0.6) is 0 Å². The molecule has 0 spiro atoms. The minimum atomic E-state index is -0.595. The summed E-state index contributed by atoms with van der Waals surface area (Å²) in [5, 5.41) is 2.85. The fourth-order valence-electron chi connectivity index (χ4n) is 2.65. The first kappa shape index (κ1) is 16.7. The summed E-state index contributed by atoms with van der Waals surface area (Å²) < 4.78 is 27.7. The van der Waals surface area contributed by atoms with Gasteiger partial charge in [-0.25, -0.2) is 13.6 Å². The number of amides is 2. The van der Waals surface area contributed by atoms with Gasteiger partial charge in [0.15, 0.2) is 0 Å². The van der Waals surface area contributed by atoms with Crippen molar-refractivity contribution in [2.45, 2.75) is 0 Å². The van der Waals surface area contributed by atoms with E-state index in [2.05, 4.69) is 21.2 Å². The number of hydrogen-bond donors (Lipinski definition) is 1. The molecule has 0 saturated carbocycles. The highest BCUT2D eigenvalue weighted by molar-refractivity contribution is 9.10. The van der Waals surface area contributed by atoms with Gasteiger partial charge in [-0.1, -0.05) is 12.1 Å². The minimum absolute atomic E-state index is 0.193. The van der Waals surface area contributed by atoms with Crippen molar-refractivity contribution < 1.29 is 13.6 Å². The number of rotatable bonds is 2. The van der Waals surface area contributed by atoms with Gasteiger partial charge in [0.25, 0.3) is 0 Å². The van der Waals surface area contributed by atoms with E-state index in [1.165, 1.54) is 12.1 Å². The summed E-state index contributed by atoms with van der Waals surface area (Å²) in [6.45, 7) is 1.91. The van der Waals surface area contributed by atoms with Crippen molar-refractivity contribution in [3.8, 4) is 0 Å². The second kappa shape index (κ2) is 7.17. The van der Waals surface area contributed by atoms with Gasteiger partial charge >= 0.3 is 6.03 Å². The standard InChI is InChI=1S/C17H16BrF2N3O/c18-13-3-1-2-4-15(13)21-17(24)23-9-7-22(8-10-23)16-6-5-12(19)11-14(16)20/h1-6,11H,7-10H2,(H,21,24). The van der Waals surface area contributed by atoms with Crippen LogP contribution in [0.4, 0.5) is 25.0 Å². The van der Waals surface area contributed by atoms with E-state index in [-0.39, 0.29) is 6.03 Å². The molecule has 3 rings (SSSR count). The van der Waals surface area contributed by atoms with Gasteiger partial charge < -0.3 is 15.1 Å². The van der Waals surface area contributed by atoms with E-state index >= 15 is 0 Å². The van der Waals surface area contributed by atoms with Crippen molar-refractivity contribution >= 4 is 33.3 Å². The molecule has 24 heavy (non-hydrogen) atoms. The van der Waals surface area contributed by atoms with Gasteiger partial charge in [0.05, 0.1) is 11.4 Å². The summed E-state index contributed by atoms with van der Waals surface area (Å²) in [7, 11) is 0. The highest BCUT2D eigenvalue weighted by atomic mass is 79.9. The Morgan fingerprint density at radius 2 is 1.75 bits per heavy atom. The molecule has 0 atom stereocenters. The molecule has 0 aromatic heterocycles. The van der Waals surface area contributed by atoms with Crippen LogP contribution >= 0.6 is 15.9 Å². The largest absolute Gasteiger partial charge is 0.366 e. The Balaban J connectivity index is 1.60. The van der Waals surface area contributed by atoms with Gasteiger partial charge in [-0.3, -0.25) is 0 Å². The molecule has 1 fully saturated rings. The molecule has 1 saturated heterocycles. The zero-order valence-corrected chi connectivity index (χ0v) is 14.4. The number of anilines is 2. The van der Waals surface area contributed by atoms with E-state index in [1.807, 2.05) is 29.2 Å². The lowest BCUT2D eigenvalue weighted by atomic mass is 10.2. The summed E-state index contributed by atoms with van der Waals surface area (Å²) in [6, 6.07) is 10.7. The molecule has 2 amide bonds. The normalized spacial score (nSPS) is 14.6.